The van der Waals surface area contributed by atoms with Crippen LogP contribution < -0.4 is 0 Å². The van der Waals surface area contributed by atoms with E-state index in [0.717, 1.165) is 69.3 Å². The summed E-state index contributed by atoms with van der Waals surface area (Å²) in [5.41, 5.74) is -0.986. The molecule has 0 radical (unpaired) electrons. The Morgan fingerprint density at radius 1 is 0.938 bits per heavy atom. The zero-order valence-corrected chi connectivity index (χ0v) is 30.9. The monoisotopic (exact) mass is 698 g/mol. The number of amides is 3. The van der Waals surface area contributed by atoms with E-state index in [1.165, 1.54) is 4.90 Å². The lowest BCUT2D eigenvalue weighted by Gasteiger charge is -2.43. The highest BCUT2D eigenvalue weighted by atomic mass is 32.3. The maximum absolute atomic E-state index is 13.6. The van der Waals surface area contributed by atoms with Crippen LogP contribution in [0.3, 0.4) is 0 Å². The molecular formula is C33H58N6O8S. The fourth-order valence-corrected chi connectivity index (χ4v) is 7.86. The van der Waals surface area contributed by atoms with E-state index < -0.39 is 39.7 Å². The number of fused-ring (bicyclic) bond motifs is 2. The van der Waals surface area contributed by atoms with Crippen molar-refractivity contribution in [2.45, 2.75) is 155 Å². The number of ether oxygens (including phenoxy) is 1. The average Bonchev–Trinajstić information content (AvgIpc) is 3.56. The molecule has 1 aromatic heterocycles. The molecular weight excluding hydrogens is 640 g/mol. The molecule has 0 spiro atoms. The van der Waals surface area contributed by atoms with Crippen LogP contribution in [-0.2, 0) is 30.1 Å². The quantitative estimate of drug-likeness (QED) is 0.145. The first-order valence-corrected chi connectivity index (χ1v) is 19.4. The summed E-state index contributed by atoms with van der Waals surface area (Å²) < 4.78 is 49.8. The van der Waals surface area contributed by atoms with Gasteiger partial charge < -0.3 is 19.0 Å². The van der Waals surface area contributed by atoms with Gasteiger partial charge in [-0.1, -0.05) is 66.2 Å². The molecule has 3 amide bonds. The Hall–Kier alpha value is -2.49. The summed E-state index contributed by atoms with van der Waals surface area (Å²) >= 11 is 0. The number of hydrogen-bond donors (Lipinski definition) is 0. The number of carbonyl (C=O) groups is 2. The minimum Gasteiger partial charge on any atom is -0.444 e. The first kappa shape index (κ1) is 38.3. The Morgan fingerprint density at radius 2 is 1.60 bits per heavy atom. The number of unbranched alkanes of at least 4 members (excludes halogenated alkanes) is 3. The third kappa shape index (κ3) is 9.60. The fourth-order valence-electron chi connectivity index (χ4n) is 7.00. The van der Waals surface area contributed by atoms with Crippen molar-refractivity contribution in [3.05, 3.63) is 11.8 Å². The van der Waals surface area contributed by atoms with E-state index in [1.54, 1.807) is 9.96 Å². The number of aromatic nitrogens is 2. The molecule has 3 saturated heterocycles. The van der Waals surface area contributed by atoms with Crippen molar-refractivity contribution in [3.8, 4) is 0 Å². The number of likely N-dealkylation sites (tertiary alicyclic amines) is 1. The van der Waals surface area contributed by atoms with Crippen molar-refractivity contribution in [1.29, 1.82) is 0 Å². The molecule has 1 unspecified atom stereocenters. The number of hydrogen-bond acceptors (Lipinski definition) is 11. The van der Waals surface area contributed by atoms with Gasteiger partial charge >= 0.3 is 22.5 Å². The molecule has 4 heterocycles. The van der Waals surface area contributed by atoms with E-state index in [-0.39, 0.29) is 18.6 Å². The minimum atomic E-state index is -4.61. The van der Waals surface area contributed by atoms with Gasteiger partial charge in [-0.2, -0.15) is 22.8 Å². The summed E-state index contributed by atoms with van der Waals surface area (Å²) in [6, 6.07) is -1.51. The summed E-state index contributed by atoms with van der Waals surface area (Å²) in [5, 5.41) is 11.1. The summed E-state index contributed by atoms with van der Waals surface area (Å²) in [6.07, 6.45) is 10.1. The lowest BCUT2D eigenvalue weighted by atomic mass is 9.82. The largest absolute Gasteiger partial charge is 0.444 e. The summed E-state index contributed by atoms with van der Waals surface area (Å²) in [7, 11) is -4.61. The maximum Gasteiger partial charge on any atom is 0.437 e. The van der Waals surface area contributed by atoms with Gasteiger partial charge in [0.15, 0.2) is 0 Å². The van der Waals surface area contributed by atoms with Crippen molar-refractivity contribution >= 4 is 22.5 Å². The van der Waals surface area contributed by atoms with Crippen LogP contribution in [0, 0.1) is 5.92 Å². The molecule has 0 aliphatic carbocycles. The maximum atomic E-state index is 13.6. The molecule has 2 atom stereocenters. The molecule has 2 bridgehead atoms. The highest BCUT2D eigenvalue weighted by Gasteiger charge is 2.50. The average molecular weight is 699 g/mol. The molecule has 0 aromatic carbocycles. The Kier molecular flexibility index (Phi) is 13.2. The van der Waals surface area contributed by atoms with Gasteiger partial charge in [-0.25, -0.2) is 9.59 Å². The second-order valence-electron chi connectivity index (χ2n) is 14.7. The highest BCUT2D eigenvalue weighted by molar-refractivity contribution is 7.81. The normalized spacial score (nSPS) is 20.6. The smallest absolute Gasteiger partial charge is 0.437 e. The molecule has 1 aromatic rings. The summed E-state index contributed by atoms with van der Waals surface area (Å²) in [6.45, 7) is 15.8. The van der Waals surface area contributed by atoms with Gasteiger partial charge in [0.2, 0.25) is 11.8 Å². The molecule has 14 nitrogen and oxygen atoms in total. The number of nitrogens with zero attached hydrogens (tertiary/aromatic N) is 6. The van der Waals surface area contributed by atoms with Crippen molar-refractivity contribution in [2.24, 2.45) is 5.92 Å². The van der Waals surface area contributed by atoms with Gasteiger partial charge in [-0.05, 0) is 59.3 Å². The zero-order valence-electron chi connectivity index (χ0n) is 30.1. The first-order valence-electron chi connectivity index (χ1n) is 18.1. The predicted octanol–water partition coefficient (Wildman–Crippen LogP) is 6.55. The van der Waals surface area contributed by atoms with Crippen LogP contribution in [0.25, 0.3) is 0 Å². The minimum absolute atomic E-state index is 0.168. The van der Waals surface area contributed by atoms with Gasteiger partial charge in [-0.15, -0.1) is 14.5 Å². The number of rotatable bonds is 19. The van der Waals surface area contributed by atoms with Crippen LogP contribution in [0.5, 0.6) is 0 Å². The van der Waals surface area contributed by atoms with Gasteiger partial charge in [0.25, 0.3) is 0 Å². The van der Waals surface area contributed by atoms with E-state index in [4.69, 9.17) is 17.7 Å². The topological polar surface area (TPSA) is 148 Å². The van der Waals surface area contributed by atoms with Crippen LogP contribution in [0.4, 0.5) is 9.59 Å². The van der Waals surface area contributed by atoms with Crippen LogP contribution in [0.15, 0.2) is 4.42 Å². The SMILES string of the molecule is CCCCN(OS(=O)(=O)ON1C(=O)N2CC1CC[C@H]2c1nnc(CC2CN(C(=O)OC(C)(C)C)C2)o1)C(CCC)(CCCC)CCCC. The molecule has 4 rings (SSSR count). The van der Waals surface area contributed by atoms with Crippen LogP contribution in [0.1, 0.15) is 143 Å². The van der Waals surface area contributed by atoms with E-state index in [0.29, 0.717) is 50.7 Å². The van der Waals surface area contributed by atoms with E-state index >= 15 is 0 Å². The van der Waals surface area contributed by atoms with E-state index in [2.05, 4.69) is 37.9 Å². The number of hydroxylamine groups is 4. The van der Waals surface area contributed by atoms with Crippen molar-refractivity contribution in [1.82, 2.24) is 30.1 Å². The van der Waals surface area contributed by atoms with Gasteiger partial charge in [0.05, 0.1) is 6.04 Å². The van der Waals surface area contributed by atoms with E-state index in [9.17, 15) is 18.0 Å². The molecule has 3 aliphatic heterocycles. The van der Waals surface area contributed by atoms with Crippen molar-refractivity contribution in [3.63, 3.8) is 0 Å². The third-order valence-electron chi connectivity index (χ3n) is 9.47. The fraction of sp³-hybridized carbons (Fsp3) is 0.879. The third-order valence-corrected chi connectivity index (χ3v) is 10.2. The molecule has 3 fully saturated rings. The molecule has 3 aliphatic rings. The Morgan fingerprint density at radius 3 is 2.21 bits per heavy atom. The van der Waals surface area contributed by atoms with Gasteiger partial charge in [-0.3, -0.25) is 0 Å². The second-order valence-corrected chi connectivity index (χ2v) is 15.8. The number of urea groups is 1. The van der Waals surface area contributed by atoms with Crippen molar-refractivity contribution < 1.29 is 35.7 Å². The van der Waals surface area contributed by atoms with E-state index in [1.807, 2.05) is 20.8 Å². The lowest BCUT2D eigenvalue weighted by molar-refractivity contribution is -0.172. The molecule has 0 N–H and O–H groups in total. The lowest BCUT2D eigenvalue weighted by Crippen LogP contribution is -2.52. The Balaban J connectivity index is 1.39. The first-order chi connectivity index (χ1) is 22.7. The van der Waals surface area contributed by atoms with Crippen LogP contribution in [-0.4, -0.2) is 94.0 Å². The van der Waals surface area contributed by atoms with Gasteiger partial charge in [0, 0.05) is 44.1 Å². The number of piperidine rings is 1. The molecule has 274 valence electrons. The summed E-state index contributed by atoms with van der Waals surface area (Å²) in [4.78, 5) is 29.0. The predicted molar refractivity (Wildman–Crippen MR) is 178 cm³/mol. The van der Waals surface area contributed by atoms with Crippen LogP contribution >= 0.6 is 0 Å². The number of carbonyl (C=O) groups excluding carboxylic acids is 2. The molecule has 15 heteroatoms. The Bertz CT molecular complexity index is 1300. The second kappa shape index (κ2) is 16.5. The summed E-state index contributed by atoms with van der Waals surface area (Å²) in [5.74, 6) is 0.912. The standard InChI is InChI=1S/C33H58N6O8S/c1-8-12-18-33(17-11-4,19-13-9-2)38(20-14-10-3)46-48(42,43)47-39-26-15-16-27(37(24-26)30(39)40)29-35-34-28(44-29)21-25-22-36(23-25)31(41)45-32(5,6)7/h25-27H,8-24H2,1-7H3/t26?,27-/m0/s1. The van der Waals surface area contributed by atoms with Crippen LogP contribution in [0.2, 0.25) is 0 Å². The Labute approximate surface area is 287 Å². The van der Waals surface area contributed by atoms with Gasteiger partial charge in [0.1, 0.15) is 11.6 Å². The zero-order chi connectivity index (χ0) is 35.1. The molecule has 48 heavy (non-hydrogen) atoms. The van der Waals surface area contributed by atoms with Crippen molar-refractivity contribution in [2.75, 3.05) is 26.2 Å². The highest BCUT2D eigenvalue weighted by Crippen LogP contribution is 2.40. The molecule has 0 saturated carbocycles.